The summed E-state index contributed by atoms with van der Waals surface area (Å²) in [6.07, 6.45) is 14.8. The van der Waals surface area contributed by atoms with Crippen LogP contribution in [0.25, 0.3) is 0 Å². The Labute approximate surface area is 129 Å². The van der Waals surface area contributed by atoms with Crippen LogP contribution in [-0.4, -0.2) is 37.0 Å². The number of carbonyl (C=O) groups is 1. The van der Waals surface area contributed by atoms with E-state index >= 15 is 0 Å². The highest BCUT2D eigenvalue weighted by Gasteiger charge is 2.34. The van der Waals surface area contributed by atoms with Crippen LogP contribution in [0.3, 0.4) is 0 Å². The highest BCUT2D eigenvalue weighted by atomic mass is 16.1. The zero-order chi connectivity index (χ0) is 14.5. The predicted molar refractivity (Wildman–Crippen MR) is 86.1 cm³/mol. The molecule has 0 aromatic rings. The maximum absolute atomic E-state index is 10.4. The third-order valence-electron chi connectivity index (χ3n) is 6.42. The molecule has 0 radical (unpaired) electrons. The van der Waals surface area contributed by atoms with Crippen molar-refractivity contribution in [2.75, 3.05) is 19.6 Å². The van der Waals surface area contributed by atoms with E-state index in [4.69, 9.17) is 0 Å². The van der Waals surface area contributed by atoms with Crippen LogP contribution in [0.15, 0.2) is 0 Å². The van der Waals surface area contributed by atoms with E-state index < -0.39 is 0 Å². The molecule has 0 spiro atoms. The molecule has 1 amide bonds. The average molecular weight is 292 g/mol. The van der Waals surface area contributed by atoms with E-state index in [0.29, 0.717) is 6.04 Å². The number of nitrogens with zero attached hydrogens (tertiary/aromatic N) is 1. The third-order valence-corrected chi connectivity index (χ3v) is 6.42. The van der Waals surface area contributed by atoms with Gasteiger partial charge in [0.05, 0.1) is 0 Å². The van der Waals surface area contributed by atoms with Crippen molar-refractivity contribution in [3.05, 3.63) is 0 Å². The van der Waals surface area contributed by atoms with E-state index in [1.54, 1.807) is 0 Å². The molecule has 2 saturated carbocycles. The molecule has 5 rings (SSSR count). The summed E-state index contributed by atoms with van der Waals surface area (Å²) in [6, 6.07) is 0.497. The number of nitrogens with one attached hydrogen (secondary N) is 1. The fourth-order valence-corrected chi connectivity index (χ4v) is 5.10. The summed E-state index contributed by atoms with van der Waals surface area (Å²) in [6.45, 7) is 4.18. The van der Waals surface area contributed by atoms with Gasteiger partial charge in [0.2, 0.25) is 6.41 Å². The van der Waals surface area contributed by atoms with Crippen molar-refractivity contribution >= 4 is 6.41 Å². The Morgan fingerprint density at radius 3 is 2.05 bits per heavy atom. The third kappa shape index (κ3) is 4.00. The molecule has 3 atom stereocenters. The first-order valence-corrected chi connectivity index (χ1v) is 9.29. The molecule has 5 aliphatic rings. The normalized spacial score (nSPS) is 41.4. The van der Waals surface area contributed by atoms with Crippen LogP contribution < -0.4 is 5.32 Å². The molecule has 1 N–H and O–H groups in total. The minimum Gasteiger partial charge on any atom is -0.356 e. The molecule has 3 heterocycles. The summed E-state index contributed by atoms with van der Waals surface area (Å²) in [7, 11) is 0. The minimum absolute atomic E-state index is 0.497. The number of hydrogen-bond acceptors (Lipinski definition) is 2. The molecular weight excluding hydrogens is 260 g/mol. The van der Waals surface area contributed by atoms with Gasteiger partial charge in [-0.25, -0.2) is 0 Å². The number of rotatable bonds is 2. The highest BCUT2D eigenvalue weighted by molar-refractivity contribution is 5.46. The van der Waals surface area contributed by atoms with Crippen molar-refractivity contribution in [2.45, 2.75) is 70.3 Å². The Morgan fingerprint density at radius 2 is 1.48 bits per heavy atom. The van der Waals surface area contributed by atoms with Crippen molar-refractivity contribution in [3.8, 4) is 0 Å². The molecule has 21 heavy (non-hydrogen) atoms. The molecule has 3 aliphatic heterocycles. The van der Waals surface area contributed by atoms with Crippen LogP contribution in [0.2, 0.25) is 0 Å². The molecule has 3 saturated heterocycles. The quantitative estimate of drug-likeness (QED) is 0.793. The molecule has 0 aromatic heterocycles. The molecule has 5 fully saturated rings. The van der Waals surface area contributed by atoms with Gasteiger partial charge in [-0.1, -0.05) is 32.1 Å². The fourth-order valence-electron chi connectivity index (χ4n) is 5.10. The van der Waals surface area contributed by atoms with E-state index in [2.05, 4.69) is 10.2 Å². The molecule has 3 nitrogen and oxygen atoms in total. The monoisotopic (exact) mass is 292 g/mol. The Balaban J connectivity index is 0.000000140. The first-order chi connectivity index (χ1) is 10.4. The molecule has 2 aliphatic carbocycles. The summed E-state index contributed by atoms with van der Waals surface area (Å²) in [5.74, 6) is 2.83. The summed E-state index contributed by atoms with van der Waals surface area (Å²) < 4.78 is 0. The van der Waals surface area contributed by atoms with Crippen LogP contribution in [0.5, 0.6) is 0 Å². The second-order valence-corrected chi connectivity index (χ2v) is 7.60. The van der Waals surface area contributed by atoms with Crippen LogP contribution in [0.4, 0.5) is 0 Å². The van der Waals surface area contributed by atoms with Gasteiger partial charge in [-0.15, -0.1) is 0 Å². The van der Waals surface area contributed by atoms with Gasteiger partial charge in [0.1, 0.15) is 0 Å². The molecular formula is C18H32N2O. The van der Waals surface area contributed by atoms with E-state index in [9.17, 15) is 4.79 Å². The molecule has 2 bridgehead atoms. The lowest BCUT2D eigenvalue weighted by atomic mass is 9.68. The first kappa shape index (κ1) is 15.3. The van der Waals surface area contributed by atoms with Gasteiger partial charge in [-0.3, -0.25) is 4.79 Å². The number of piperidine rings is 3. The lowest BCUT2D eigenvalue weighted by molar-refractivity contribution is -0.111. The van der Waals surface area contributed by atoms with Crippen molar-refractivity contribution in [1.82, 2.24) is 10.2 Å². The van der Waals surface area contributed by atoms with Crippen molar-refractivity contribution in [3.63, 3.8) is 0 Å². The van der Waals surface area contributed by atoms with Gasteiger partial charge in [0, 0.05) is 6.04 Å². The van der Waals surface area contributed by atoms with Gasteiger partial charge in [-0.2, -0.15) is 0 Å². The largest absolute Gasteiger partial charge is 0.356 e. The minimum atomic E-state index is 0.497. The fraction of sp³-hybridized carbons (Fsp3) is 0.944. The maximum Gasteiger partial charge on any atom is 0.207 e. The Morgan fingerprint density at radius 1 is 0.810 bits per heavy atom. The SMILES string of the molecule is C1CN2CCC1CC2.O=CNC1CCCC2CCCCC21. The second-order valence-electron chi connectivity index (χ2n) is 7.60. The van der Waals surface area contributed by atoms with Crippen molar-refractivity contribution in [2.24, 2.45) is 17.8 Å². The van der Waals surface area contributed by atoms with Crippen molar-refractivity contribution < 1.29 is 4.79 Å². The number of carbonyl (C=O) groups excluding carboxylic acids is 1. The zero-order valence-corrected chi connectivity index (χ0v) is 13.4. The van der Waals surface area contributed by atoms with Crippen LogP contribution in [0.1, 0.15) is 64.2 Å². The lowest BCUT2D eigenvalue weighted by Gasteiger charge is -2.41. The van der Waals surface area contributed by atoms with Crippen molar-refractivity contribution in [1.29, 1.82) is 0 Å². The van der Waals surface area contributed by atoms with Crippen LogP contribution in [-0.2, 0) is 4.79 Å². The summed E-state index contributed by atoms with van der Waals surface area (Å²) in [5, 5.41) is 3.00. The summed E-state index contributed by atoms with van der Waals surface area (Å²) >= 11 is 0. The predicted octanol–water partition coefficient (Wildman–Crippen LogP) is 3.19. The Hall–Kier alpha value is -0.570. The zero-order valence-electron chi connectivity index (χ0n) is 13.4. The number of amides is 1. The Bertz CT molecular complexity index is 300. The van der Waals surface area contributed by atoms with Crippen LogP contribution >= 0.6 is 0 Å². The average Bonchev–Trinajstić information content (AvgIpc) is 2.58. The molecule has 0 aromatic carbocycles. The lowest BCUT2D eigenvalue weighted by Crippen LogP contribution is -2.43. The summed E-state index contributed by atoms with van der Waals surface area (Å²) in [4.78, 5) is 13.0. The number of hydrogen-bond donors (Lipinski definition) is 1. The summed E-state index contributed by atoms with van der Waals surface area (Å²) in [5.41, 5.74) is 0. The number of fused-ring (bicyclic) bond motifs is 4. The smallest absolute Gasteiger partial charge is 0.207 e. The maximum atomic E-state index is 10.4. The highest BCUT2D eigenvalue weighted by Crippen LogP contribution is 2.40. The second kappa shape index (κ2) is 7.62. The topological polar surface area (TPSA) is 32.3 Å². The van der Waals surface area contributed by atoms with Gasteiger partial charge in [-0.05, 0) is 69.5 Å². The van der Waals surface area contributed by atoms with E-state index in [-0.39, 0.29) is 0 Å². The van der Waals surface area contributed by atoms with Gasteiger partial charge in [0.15, 0.2) is 0 Å². The molecule has 3 heteroatoms. The Kier molecular flexibility index (Phi) is 5.56. The van der Waals surface area contributed by atoms with E-state index in [1.165, 1.54) is 83.8 Å². The van der Waals surface area contributed by atoms with E-state index in [0.717, 1.165) is 24.2 Å². The first-order valence-electron chi connectivity index (χ1n) is 9.29. The van der Waals surface area contributed by atoms with Crippen LogP contribution in [0, 0.1) is 17.8 Å². The van der Waals surface area contributed by atoms with Gasteiger partial charge < -0.3 is 10.2 Å². The molecule has 3 unspecified atom stereocenters. The van der Waals surface area contributed by atoms with Gasteiger partial charge >= 0.3 is 0 Å². The van der Waals surface area contributed by atoms with Gasteiger partial charge in [0.25, 0.3) is 0 Å². The van der Waals surface area contributed by atoms with E-state index in [1.807, 2.05) is 0 Å². The molecule has 120 valence electrons. The standard InChI is InChI=1S/C11H19NO.C7H13N/c13-8-12-11-7-3-5-9-4-1-2-6-10(9)11;1-4-8-5-2-7(1)3-6-8/h8-11H,1-7H2,(H,12,13);7H,1-6H2.